The molecule has 5 N–H and O–H groups in total. The summed E-state index contributed by atoms with van der Waals surface area (Å²) in [7, 11) is -3.68. The molecule has 1 aromatic carbocycles. The van der Waals surface area contributed by atoms with Gasteiger partial charge in [0.15, 0.2) is 0 Å². The Labute approximate surface area is 118 Å². The van der Waals surface area contributed by atoms with Gasteiger partial charge in [0.05, 0.1) is 16.3 Å². The predicted molar refractivity (Wildman–Crippen MR) is 77.4 cm³/mol. The third-order valence-electron chi connectivity index (χ3n) is 5.41. The van der Waals surface area contributed by atoms with E-state index in [1.165, 1.54) is 25.3 Å². The number of nitrogen functional groups attached to an aromatic ring is 1. The molecule has 0 amide bonds. The van der Waals surface area contributed by atoms with Gasteiger partial charge in [0.25, 0.3) is 0 Å². The average molecular weight is 293 g/mol. The van der Waals surface area contributed by atoms with Crippen LogP contribution in [0.3, 0.4) is 0 Å². The minimum absolute atomic E-state index is 0.114. The zero-order valence-corrected chi connectivity index (χ0v) is 11.9. The van der Waals surface area contributed by atoms with E-state index in [2.05, 4.69) is 5.32 Å². The van der Waals surface area contributed by atoms with Gasteiger partial charge in [-0.2, -0.15) is 0 Å². The molecule has 3 fully saturated rings. The van der Waals surface area contributed by atoms with Crippen molar-refractivity contribution in [2.75, 3.05) is 11.1 Å². The Hall–Kier alpha value is -1.27. The number of sulfonamides is 1. The fourth-order valence-corrected chi connectivity index (χ4v) is 5.08. The van der Waals surface area contributed by atoms with Crippen molar-refractivity contribution < 1.29 is 8.42 Å². The summed E-state index contributed by atoms with van der Waals surface area (Å²) >= 11 is 0. The Balaban J connectivity index is 1.58. The highest BCUT2D eigenvalue weighted by molar-refractivity contribution is 7.89. The van der Waals surface area contributed by atoms with Crippen LogP contribution in [0.15, 0.2) is 23.1 Å². The molecule has 2 bridgehead atoms. The standard InChI is InChI=1S/C14H19N3O2S/c15-10-4-3-9(20(16,18)19)6-11(10)17-14-12-7-1-2-8(5-7)13(12)14/h3-4,6-8,12-14,17H,1-2,5,15H2,(H2,16,18,19). The maximum absolute atomic E-state index is 11.4. The van der Waals surface area contributed by atoms with Crippen molar-refractivity contribution in [2.45, 2.75) is 30.2 Å². The third-order valence-corrected chi connectivity index (χ3v) is 6.32. The molecule has 4 rings (SSSR count). The van der Waals surface area contributed by atoms with Crippen molar-refractivity contribution in [3.63, 3.8) is 0 Å². The first kappa shape index (κ1) is 12.5. The predicted octanol–water partition coefficient (Wildman–Crippen LogP) is 1.37. The maximum Gasteiger partial charge on any atom is 0.238 e. The lowest BCUT2D eigenvalue weighted by Gasteiger charge is -2.14. The van der Waals surface area contributed by atoms with Crippen LogP contribution in [0.25, 0.3) is 0 Å². The number of fused-ring (bicyclic) bond motifs is 5. The number of anilines is 2. The number of rotatable bonds is 3. The van der Waals surface area contributed by atoms with Crippen LogP contribution < -0.4 is 16.2 Å². The Morgan fingerprint density at radius 3 is 2.40 bits per heavy atom. The fourth-order valence-electron chi connectivity index (χ4n) is 4.54. The molecule has 3 aliphatic rings. The first-order chi connectivity index (χ1) is 9.45. The highest BCUT2D eigenvalue weighted by Crippen LogP contribution is 2.66. The molecule has 0 heterocycles. The van der Waals surface area contributed by atoms with E-state index in [9.17, 15) is 8.42 Å². The van der Waals surface area contributed by atoms with Crippen LogP contribution in [0.5, 0.6) is 0 Å². The maximum atomic E-state index is 11.4. The lowest BCUT2D eigenvalue weighted by molar-refractivity contribution is 0.456. The SMILES string of the molecule is Nc1ccc(S(N)(=O)=O)cc1NC1C2C3CCC(C3)C12. The second-order valence-electron chi connectivity index (χ2n) is 6.45. The van der Waals surface area contributed by atoms with Crippen LogP contribution in [-0.4, -0.2) is 14.5 Å². The summed E-state index contributed by atoms with van der Waals surface area (Å²) in [5, 5.41) is 8.63. The van der Waals surface area contributed by atoms with Gasteiger partial charge >= 0.3 is 0 Å². The van der Waals surface area contributed by atoms with Crippen molar-refractivity contribution in [1.82, 2.24) is 0 Å². The van der Waals surface area contributed by atoms with Gasteiger partial charge in [0.2, 0.25) is 10.0 Å². The van der Waals surface area contributed by atoms with Crippen molar-refractivity contribution in [3.05, 3.63) is 18.2 Å². The molecule has 4 unspecified atom stereocenters. The summed E-state index contributed by atoms with van der Waals surface area (Å²) in [6, 6.07) is 5.09. The first-order valence-electron chi connectivity index (χ1n) is 7.14. The Kier molecular flexibility index (Phi) is 2.42. The van der Waals surface area contributed by atoms with E-state index in [1.54, 1.807) is 12.1 Å². The van der Waals surface area contributed by atoms with Crippen molar-refractivity contribution >= 4 is 21.4 Å². The highest BCUT2D eigenvalue weighted by Gasteiger charge is 2.65. The molecule has 20 heavy (non-hydrogen) atoms. The Morgan fingerprint density at radius 2 is 1.80 bits per heavy atom. The van der Waals surface area contributed by atoms with E-state index in [0.29, 0.717) is 17.4 Å². The molecule has 1 aromatic rings. The van der Waals surface area contributed by atoms with Crippen LogP contribution >= 0.6 is 0 Å². The van der Waals surface area contributed by atoms with E-state index < -0.39 is 10.0 Å². The lowest BCUT2D eigenvalue weighted by atomic mass is 10.0. The molecule has 5 nitrogen and oxygen atoms in total. The second-order valence-corrected chi connectivity index (χ2v) is 8.01. The lowest BCUT2D eigenvalue weighted by Crippen LogP contribution is -2.16. The quantitative estimate of drug-likeness (QED) is 0.733. The van der Waals surface area contributed by atoms with Gasteiger partial charge < -0.3 is 11.1 Å². The van der Waals surface area contributed by atoms with Gasteiger partial charge in [-0.05, 0) is 61.1 Å². The normalized spacial score (nSPS) is 37.8. The number of hydrogen-bond acceptors (Lipinski definition) is 4. The van der Waals surface area contributed by atoms with E-state index in [1.807, 2.05) is 0 Å². The summed E-state index contributed by atoms with van der Waals surface area (Å²) in [6.07, 6.45) is 4.10. The molecule has 0 saturated heterocycles. The molecule has 3 saturated carbocycles. The van der Waals surface area contributed by atoms with Crippen LogP contribution in [0, 0.1) is 23.7 Å². The van der Waals surface area contributed by atoms with Gasteiger partial charge in [0, 0.05) is 6.04 Å². The summed E-state index contributed by atoms with van der Waals surface area (Å²) in [6.45, 7) is 0. The van der Waals surface area contributed by atoms with Crippen LogP contribution in [-0.2, 0) is 10.0 Å². The molecule has 0 aliphatic heterocycles. The smallest absolute Gasteiger partial charge is 0.238 e. The van der Waals surface area contributed by atoms with Gasteiger partial charge in [0.1, 0.15) is 0 Å². The van der Waals surface area contributed by atoms with E-state index in [-0.39, 0.29) is 4.90 Å². The van der Waals surface area contributed by atoms with Crippen molar-refractivity contribution in [2.24, 2.45) is 28.8 Å². The summed E-state index contributed by atoms with van der Waals surface area (Å²) in [5.41, 5.74) is 7.23. The zero-order chi connectivity index (χ0) is 14.1. The molecular weight excluding hydrogens is 274 g/mol. The van der Waals surface area contributed by atoms with Crippen molar-refractivity contribution in [1.29, 1.82) is 0 Å². The molecular formula is C14H19N3O2S. The van der Waals surface area contributed by atoms with Crippen LogP contribution in [0.1, 0.15) is 19.3 Å². The van der Waals surface area contributed by atoms with Crippen LogP contribution in [0.2, 0.25) is 0 Å². The fraction of sp³-hybridized carbons (Fsp3) is 0.571. The zero-order valence-electron chi connectivity index (χ0n) is 11.1. The van der Waals surface area contributed by atoms with Gasteiger partial charge in [-0.3, -0.25) is 0 Å². The van der Waals surface area contributed by atoms with Gasteiger partial charge in [-0.25, -0.2) is 13.6 Å². The van der Waals surface area contributed by atoms with Crippen molar-refractivity contribution in [3.8, 4) is 0 Å². The number of primary sulfonamides is 1. The summed E-state index contributed by atoms with van der Waals surface area (Å²) < 4.78 is 22.8. The number of nitrogens with one attached hydrogen (secondary N) is 1. The topological polar surface area (TPSA) is 98.2 Å². The molecule has 3 aliphatic carbocycles. The highest BCUT2D eigenvalue weighted by atomic mass is 32.2. The minimum Gasteiger partial charge on any atom is -0.397 e. The van der Waals surface area contributed by atoms with Gasteiger partial charge in [-0.1, -0.05) is 0 Å². The van der Waals surface area contributed by atoms with E-state index >= 15 is 0 Å². The number of hydrogen-bond donors (Lipinski definition) is 3. The summed E-state index contributed by atoms with van der Waals surface area (Å²) in [4.78, 5) is 0.114. The average Bonchev–Trinajstić information content (AvgIpc) is 2.78. The number of benzene rings is 1. The molecule has 4 atom stereocenters. The molecule has 0 radical (unpaired) electrons. The van der Waals surface area contributed by atoms with Crippen LogP contribution in [0.4, 0.5) is 11.4 Å². The largest absolute Gasteiger partial charge is 0.397 e. The van der Waals surface area contributed by atoms with Gasteiger partial charge in [-0.15, -0.1) is 0 Å². The molecule has 0 aromatic heterocycles. The minimum atomic E-state index is -3.68. The number of nitrogens with two attached hydrogens (primary N) is 2. The third kappa shape index (κ3) is 1.74. The Bertz CT molecular complexity index is 657. The second kappa shape index (κ2) is 3.89. The molecule has 0 spiro atoms. The molecule has 108 valence electrons. The summed E-state index contributed by atoms with van der Waals surface area (Å²) in [5.74, 6) is 3.27. The van der Waals surface area contributed by atoms with E-state index in [0.717, 1.165) is 23.7 Å². The first-order valence-corrected chi connectivity index (χ1v) is 8.68. The Morgan fingerprint density at radius 1 is 1.15 bits per heavy atom. The monoisotopic (exact) mass is 293 g/mol. The van der Waals surface area contributed by atoms with E-state index in [4.69, 9.17) is 10.9 Å². The molecule has 6 heteroatoms.